The first kappa shape index (κ1) is 12.9. The normalized spacial score (nSPS) is 15.8. The third kappa shape index (κ3) is 3.22. The summed E-state index contributed by atoms with van der Waals surface area (Å²) in [4.78, 5) is 13.9. The van der Waals surface area contributed by atoms with Crippen molar-refractivity contribution in [1.29, 1.82) is 0 Å². The molecule has 1 fully saturated rings. The third-order valence-corrected chi connectivity index (χ3v) is 4.16. The van der Waals surface area contributed by atoms with Crippen LogP contribution in [0.4, 0.5) is 10.5 Å². The zero-order valence-electron chi connectivity index (χ0n) is 9.38. The molecule has 0 saturated carbocycles. The minimum absolute atomic E-state index is 0.0164. The molecular formula is C12H14Br2N2O. The van der Waals surface area contributed by atoms with E-state index >= 15 is 0 Å². The van der Waals surface area contributed by atoms with Crippen LogP contribution in [0.25, 0.3) is 0 Å². The lowest BCUT2D eigenvalue weighted by molar-refractivity contribution is 0.200. The van der Waals surface area contributed by atoms with Gasteiger partial charge in [0.05, 0.1) is 5.69 Å². The Morgan fingerprint density at radius 3 is 2.29 bits per heavy atom. The zero-order chi connectivity index (χ0) is 12.3. The molecule has 1 aliphatic heterocycles. The van der Waals surface area contributed by atoms with Crippen LogP contribution in [0.2, 0.25) is 0 Å². The minimum Gasteiger partial charge on any atom is -0.325 e. The highest BCUT2D eigenvalue weighted by molar-refractivity contribution is 9.11. The lowest BCUT2D eigenvalue weighted by atomic mass is 10.1. The second-order valence-electron chi connectivity index (χ2n) is 4.07. The number of carbonyl (C=O) groups is 1. The van der Waals surface area contributed by atoms with E-state index < -0.39 is 0 Å². The molecule has 1 heterocycles. The van der Waals surface area contributed by atoms with Crippen molar-refractivity contribution in [3.8, 4) is 0 Å². The number of anilines is 1. The highest BCUT2D eigenvalue weighted by Gasteiger charge is 2.17. The van der Waals surface area contributed by atoms with Crippen molar-refractivity contribution in [1.82, 2.24) is 4.90 Å². The van der Waals surface area contributed by atoms with Crippen molar-refractivity contribution in [2.45, 2.75) is 19.3 Å². The maximum Gasteiger partial charge on any atom is 0.321 e. The predicted molar refractivity (Wildman–Crippen MR) is 76.3 cm³/mol. The van der Waals surface area contributed by atoms with Gasteiger partial charge in [-0.3, -0.25) is 0 Å². The number of hydrogen-bond acceptors (Lipinski definition) is 1. The van der Waals surface area contributed by atoms with Crippen molar-refractivity contribution in [3.63, 3.8) is 0 Å². The largest absolute Gasteiger partial charge is 0.325 e. The van der Waals surface area contributed by atoms with E-state index in [4.69, 9.17) is 0 Å². The highest BCUT2D eigenvalue weighted by atomic mass is 79.9. The zero-order valence-corrected chi connectivity index (χ0v) is 12.6. The number of nitrogens with zero attached hydrogens (tertiary/aromatic N) is 1. The van der Waals surface area contributed by atoms with Gasteiger partial charge in [-0.25, -0.2) is 4.79 Å². The number of benzene rings is 1. The number of hydrogen-bond donors (Lipinski definition) is 1. The minimum atomic E-state index is -0.0164. The average Bonchev–Trinajstić information content (AvgIpc) is 2.35. The smallest absolute Gasteiger partial charge is 0.321 e. The lowest BCUT2D eigenvalue weighted by Crippen LogP contribution is -2.38. The summed E-state index contributed by atoms with van der Waals surface area (Å²) in [6.45, 7) is 1.71. The van der Waals surface area contributed by atoms with Crippen molar-refractivity contribution in [3.05, 3.63) is 27.1 Å². The summed E-state index contributed by atoms with van der Waals surface area (Å²) < 4.78 is 1.77. The Kier molecular flexibility index (Phi) is 4.45. The number of carbonyl (C=O) groups excluding carboxylic acids is 1. The van der Waals surface area contributed by atoms with Crippen LogP contribution in [0, 0.1) is 0 Å². The Bertz CT molecular complexity index is 397. The van der Waals surface area contributed by atoms with E-state index in [0.717, 1.165) is 40.6 Å². The molecule has 92 valence electrons. The Morgan fingerprint density at radius 1 is 1.12 bits per heavy atom. The van der Waals surface area contributed by atoms with Gasteiger partial charge in [0.25, 0.3) is 0 Å². The van der Waals surface area contributed by atoms with Gasteiger partial charge in [-0.1, -0.05) is 6.07 Å². The van der Waals surface area contributed by atoms with Crippen LogP contribution in [0.1, 0.15) is 19.3 Å². The lowest BCUT2D eigenvalue weighted by Gasteiger charge is -2.27. The van der Waals surface area contributed by atoms with Crippen molar-refractivity contribution in [2.75, 3.05) is 18.4 Å². The maximum atomic E-state index is 12.0. The molecule has 5 heteroatoms. The molecule has 0 radical (unpaired) electrons. The summed E-state index contributed by atoms with van der Waals surface area (Å²) >= 11 is 6.87. The Labute approximate surface area is 118 Å². The van der Waals surface area contributed by atoms with Crippen molar-refractivity contribution >= 4 is 43.6 Å². The molecule has 2 rings (SSSR count). The van der Waals surface area contributed by atoms with Gasteiger partial charge in [0.2, 0.25) is 0 Å². The first-order valence-electron chi connectivity index (χ1n) is 5.68. The van der Waals surface area contributed by atoms with E-state index in [1.54, 1.807) is 0 Å². The number of amides is 2. The second kappa shape index (κ2) is 5.87. The molecule has 0 unspecified atom stereocenters. The number of nitrogens with one attached hydrogen (secondary N) is 1. The summed E-state index contributed by atoms with van der Waals surface area (Å²) in [6, 6.07) is 5.73. The van der Waals surface area contributed by atoms with Gasteiger partial charge in [-0.15, -0.1) is 0 Å². The fourth-order valence-electron chi connectivity index (χ4n) is 1.90. The molecule has 1 aromatic rings. The number of para-hydroxylation sites is 1. The molecule has 0 aromatic heterocycles. The fraction of sp³-hybridized carbons (Fsp3) is 0.417. The Balaban J connectivity index is 2.07. The predicted octanol–water partition coefficient (Wildman–Crippen LogP) is 4.23. The van der Waals surface area contributed by atoms with Gasteiger partial charge in [0, 0.05) is 22.0 Å². The molecule has 1 aliphatic rings. The maximum absolute atomic E-state index is 12.0. The molecule has 3 nitrogen and oxygen atoms in total. The molecule has 0 aliphatic carbocycles. The summed E-state index contributed by atoms with van der Waals surface area (Å²) in [5.74, 6) is 0. The Hall–Kier alpha value is -0.550. The van der Waals surface area contributed by atoms with Crippen LogP contribution < -0.4 is 5.32 Å². The monoisotopic (exact) mass is 360 g/mol. The van der Waals surface area contributed by atoms with Gasteiger partial charge in [-0.2, -0.15) is 0 Å². The van der Waals surface area contributed by atoms with E-state index in [9.17, 15) is 4.79 Å². The second-order valence-corrected chi connectivity index (χ2v) is 5.78. The summed E-state index contributed by atoms with van der Waals surface area (Å²) in [5.41, 5.74) is 0.795. The highest BCUT2D eigenvalue weighted by Crippen LogP contribution is 2.30. The fourth-order valence-corrected chi connectivity index (χ4v) is 3.10. The standard InChI is InChI=1S/C12H14Br2N2O/c13-9-5-4-6-10(14)11(9)15-12(17)16-7-2-1-3-8-16/h4-6H,1-3,7-8H2,(H,15,17). The molecular weight excluding hydrogens is 348 g/mol. The van der Waals surface area contributed by atoms with E-state index in [2.05, 4.69) is 37.2 Å². The SMILES string of the molecule is O=C(Nc1c(Br)cccc1Br)N1CCCCC1. The molecule has 1 aromatic carbocycles. The van der Waals surface area contributed by atoms with Gasteiger partial charge >= 0.3 is 6.03 Å². The first-order chi connectivity index (χ1) is 8.18. The molecule has 1 N–H and O–H groups in total. The van der Waals surface area contributed by atoms with Crippen molar-refractivity contribution in [2.24, 2.45) is 0 Å². The number of urea groups is 1. The number of piperidine rings is 1. The summed E-state index contributed by atoms with van der Waals surface area (Å²) in [5, 5.41) is 2.94. The van der Waals surface area contributed by atoms with Crippen molar-refractivity contribution < 1.29 is 4.79 Å². The summed E-state index contributed by atoms with van der Waals surface area (Å²) in [7, 11) is 0. The molecule has 17 heavy (non-hydrogen) atoms. The number of halogens is 2. The van der Waals surface area contributed by atoms with Crippen LogP contribution in [0.15, 0.2) is 27.1 Å². The van der Waals surface area contributed by atoms with E-state index in [1.165, 1.54) is 6.42 Å². The van der Waals surface area contributed by atoms with Crippen LogP contribution in [-0.2, 0) is 0 Å². The third-order valence-electron chi connectivity index (χ3n) is 2.84. The number of likely N-dealkylation sites (tertiary alicyclic amines) is 1. The van der Waals surface area contributed by atoms with Crippen LogP contribution >= 0.6 is 31.9 Å². The van der Waals surface area contributed by atoms with Gasteiger partial charge in [0.1, 0.15) is 0 Å². The van der Waals surface area contributed by atoms with Crippen LogP contribution in [0.3, 0.4) is 0 Å². The molecule has 0 spiro atoms. The van der Waals surface area contributed by atoms with E-state index in [-0.39, 0.29) is 6.03 Å². The molecule has 2 amide bonds. The van der Waals surface area contributed by atoms with Crippen LogP contribution in [0.5, 0.6) is 0 Å². The van der Waals surface area contributed by atoms with Gasteiger partial charge in [0.15, 0.2) is 0 Å². The molecule has 0 bridgehead atoms. The quantitative estimate of drug-likeness (QED) is 0.797. The van der Waals surface area contributed by atoms with Gasteiger partial charge < -0.3 is 10.2 Å². The average molecular weight is 362 g/mol. The Morgan fingerprint density at radius 2 is 1.71 bits per heavy atom. The van der Waals surface area contributed by atoms with Crippen LogP contribution in [-0.4, -0.2) is 24.0 Å². The first-order valence-corrected chi connectivity index (χ1v) is 7.27. The van der Waals surface area contributed by atoms with E-state index in [1.807, 2.05) is 23.1 Å². The summed E-state index contributed by atoms with van der Waals surface area (Å²) in [6.07, 6.45) is 3.43. The van der Waals surface area contributed by atoms with Gasteiger partial charge in [-0.05, 0) is 63.3 Å². The molecule has 1 saturated heterocycles. The molecule has 0 atom stereocenters. The topological polar surface area (TPSA) is 32.3 Å². The number of rotatable bonds is 1. The van der Waals surface area contributed by atoms with E-state index in [0.29, 0.717) is 0 Å².